The number of hydrogen-bond acceptors (Lipinski definition) is 8. The van der Waals surface area contributed by atoms with Crippen molar-refractivity contribution in [3.05, 3.63) is 29.4 Å². The van der Waals surface area contributed by atoms with Crippen LogP contribution in [-0.2, 0) is 4.74 Å². The summed E-state index contributed by atoms with van der Waals surface area (Å²) in [5.74, 6) is 1.65. The number of ether oxygens (including phenoxy) is 1. The molecule has 7 nitrogen and oxygen atoms in total. The number of nitrogens with zero attached hydrogens (tertiary/aromatic N) is 4. The fourth-order valence-corrected chi connectivity index (χ4v) is 3.12. The van der Waals surface area contributed by atoms with Gasteiger partial charge in [0.05, 0.1) is 6.10 Å². The molecule has 8 heteroatoms. The molecule has 0 spiro atoms. The normalized spacial score (nSPS) is 17.5. The predicted octanol–water partition coefficient (Wildman–Crippen LogP) is 2.85. The third-order valence-corrected chi connectivity index (χ3v) is 4.35. The number of hydrogen-bond donors (Lipinski definition) is 1. The van der Waals surface area contributed by atoms with Crippen molar-refractivity contribution in [3.63, 3.8) is 0 Å². The van der Waals surface area contributed by atoms with Gasteiger partial charge < -0.3 is 14.6 Å². The van der Waals surface area contributed by atoms with Gasteiger partial charge in [0.1, 0.15) is 17.7 Å². The van der Waals surface area contributed by atoms with Crippen LogP contribution in [0.25, 0.3) is 22.8 Å². The third-order valence-electron chi connectivity index (χ3n) is 3.67. The predicted molar refractivity (Wildman–Crippen MR) is 86.1 cm³/mol. The minimum absolute atomic E-state index is 0.224. The van der Waals surface area contributed by atoms with Gasteiger partial charge in [-0.05, 0) is 24.3 Å². The largest absolute Gasteiger partial charge is 0.376 e. The van der Waals surface area contributed by atoms with Crippen molar-refractivity contribution >= 4 is 17.2 Å². The smallest absolute Gasteiger partial charge is 0.263 e. The number of aromatic nitrogens is 4. The number of nitrogens with one attached hydrogen (secondary N) is 1. The SMILES string of the molecule is c1ncc(-c2nc(-c3ccsc3)no2)c(NCC2CCCO2)n1. The fourth-order valence-electron chi connectivity index (χ4n) is 2.48. The molecular formula is C15H15N5O2S. The van der Waals surface area contributed by atoms with Gasteiger partial charge in [-0.3, -0.25) is 0 Å². The lowest BCUT2D eigenvalue weighted by Crippen LogP contribution is -2.19. The second-order valence-electron chi connectivity index (χ2n) is 5.24. The quantitative estimate of drug-likeness (QED) is 0.770. The summed E-state index contributed by atoms with van der Waals surface area (Å²) in [7, 11) is 0. The van der Waals surface area contributed by atoms with E-state index in [0.29, 0.717) is 29.6 Å². The third kappa shape index (κ3) is 3.08. The molecule has 1 atom stereocenters. The Morgan fingerprint density at radius 2 is 2.39 bits per heavy atom. The summed E-state index contributed by atoms with van der Waals surface area (Å²) in [5, 5.41) is 11.3. The van der Waals surface area contributed by atoms with Crippen LogP contribution in [0.2, 0.25) is 0 Å². The molecule has 0 amide bonds. The highest BCUT2D eigenvalue weighted by Crippen LogP contribution is 2.27. The van der Waals surface area contributed by atoms with Gasteiger partial charge in [-0.2, -0.15) is 16.3 Å². The molecule has 0 aromatic carbocycles. The van der Waals surface area contributed by atoms with E-state index >= 15 is 0 Å². The molecule has 1 N–H and O–H groups in total. The molecule has 4 rings (SSSR count). The molecule has 0 bridgehead atoms. The Hall–Kier alpha value is -2.32. The van der Waals surface area contributed by atoms with Crippen LogP contribution >= 0.6 is 11.3 Å². The van der Waals surface area contributed by atoms with Crippen molar-refractivity contribution in [2.75, 3.05) is 18.5 Å². The van der Waals surface area contributed by atoms with Crippen molar-refractivity contribution in [1.82, 2.24) is 20.1 Å². The van der Waals surface area contributed by atoms with E-state index in [-0.39, 0.29) is 6.10 Å². The topological polar surface area (TPSA) is 86.0 Å². The maximum absolute atomic E-state index is 5.62. The molecule has 1 aliphatic heterocycles. The summed E-state index contributed by atoms with van der Waals surface area (Å²) < 4.78 is 11.0. The highest BCUT2D eigenvalue weighted by Gasteiger charge is 2.19. The van der Waals surface area contributed by atoms with Crippen molar-refractivity contribution in [3.8, 4) is 22.8 Å². The van der Waals surface area contributed by atoms with E-state index < -0.39 is 0 Å². The zero-order valence-corrected chi connectivity index (χ0v) is 13.1. The monoisotopic (exact) mass is 329 g/mol. The van der Waals surface area contributed by atoms with Crippen LogP contribution in [-0.4, -0.2) is 39.4 Å². The van der Waals surface area contributed by atoms with Crippen LogP contribution in [0.4, 0.5) is 5.82 Å². The molecule has 23 heavy (non-hydrogen) atoms. The first kappa shape index (κ1) is 14.3. The van der Waals surface area contributed by atoms with E-state index in [4.69, 9.17) is 9.26 Å². The second-order valence-corrected chi connectivity index (χ2v) is 6.02. The maximum atomic E-state index is 5.62. The van der Waals surface area contributed by atoms with Gasteiger partial charge in [-0.25, -0.2) is 9.97 Å². The number of rotatable bonds is 5. The number of thiophene rings is 1. The van der Waals surface area contributed by atoms with Crippen molar-refractivity contribution in [1.29, 1.82) is 0 Å². The molecule has 3 aromatic rings. The van der Waals surface area contributed by atoms with Crippen LogP contribution in [0.1, 0.15) is 12.8 Å². The maximum Gasteiger partial charge on any atom is 0.263 e. The van der Waals surface area contributed by atoms with E-state index in [9.17, 15) is 0 Å². The van der Waals surface area contributed by atoms with Gasteiger partial charge in [-0.1, -0.05) is 5.16 Å². The van der Waals surface area contributed by atoms with Crippen molar-refractivity contribution < 1.29 is 9.26 Å². The highest BCUT2D eigenvalue weighted by atomic mass is 32.1. The summed E-state index contributed by atoms with van der Waals surface area (Å²) >= 11 is 1.59. The molecule has 1 aliphatic rings. The minimum Gasteiger partial charge on any atom is -0.376 e. The van der Waals surface area contributed by atoms with Crippen LogP contribution in [0.5, 0.6) is 0 Å². The first-order valence-electron chi connectivity index (χ1n) is 7.42. The van der Waals surface area contributed by atoms with Crippen LogP contribution < -0.4 is 5.32 Å². The van der Waals surface area contributed by atoms with E-state index in [1.807, 2.05) is 16.8 Å². The van der Waals surface area contributed by atoms with Crippen LogP contribution in [0.3, 0.4) is 0 Å². The molecule has 1 saturated heterocycles. The lowest BCUT2D eigenvalue weighted by Gasteiger charge is -2.12. The first-order chi connectivity index (χ1) is 11.4. The van der Waals surface area contributed by atoms with Gasteiger partial charge in [-0.15, -0.1) is 0 Å². The van der Waals surface area contributed by atoms with E-state index in [1.54, 1.807) is 17.5 Å². The Kier molecular flexibility index (Phi) is 3.99. The van der Waals surface area contributed by atoms with Crippen molar-refractivity contribution in [2.24, 2.45) is 0 Å². The van der Waals surface area contributed by atoms with Gasteiger partial charge >= 0.3 is 0 Å². The first-order valence-corrected chi connectivity index (χ1v) is 8.36. The molecule has 0 aliphatic carbocycles. The molecule has 118 valence electrons. The average molecular weight is 329 g/mol. The van der Waals surface area contributed by atoms with Crippen molar-refractivity contribution in [2.45, 2.75) is 18.9 Å². The summed E-state index contributed by atoms with van der Waals surface area (Å²) in [6.07, 6.45) is 5.57. The summed E-state index contributed by atoms with van der Waals surface area (Å²) in [5.41, 5.74) is 1.63. The molecule has 0 saturated carbocycles. The Morgan fingerprint density at radius 3 is 3.22 bits per heavy atom. The zero-order valence-electron chi connectivity index (χ0n) is 12.3. The molecule has 1 unspecified atom stereocenters. The van der Waals surface area contributed by atoms with E-state index in [0.717, 1.165) is 25.0 Å². The summed E-state index contributed by atoms with van der Waals surface area (Å²) in [6.45, 7) is 1.53. The summed E-state index contributed by atoms with van der Waals surface area (Å²) in [6, 6.07) is 1.96. The molecular weight excluding hydrogens is 314 g/mol. The summed E-state index contributed by atoms with van der Waals surface area (Å²) in [4.78, 5) is 12.8. The van der Waals surface area contributed by atoms with Crippen LogP contribution in [0.15, 0.2) is 33.9 Å². The van der Waals surface area contributed by atoms with E-state index in [2.05, 4.69) is 25.4 Å². The second kappa shape index (κ2) is 6.43. The van der Waals surface area contributed by atoms with Crippen LogP contribution in [0, 0.1) is 0 Å². The van der Waals surface area contributed by atoms with E-state index in [1.165, 1.54) is 6.33 Å². The Balaban J connectivity index is 1.56. The average Bonchev–Trinajstić information content (AvgIpc) is 3.34. The minimum atomic E-state index is 0.224. The molecule has 4 heterocycles. The lowest BCUT2D eigenvalue weighted by molar-refractivity contribution is 0.120. The molecule has 3 aromatic heterocycles. The standard InChI is InChI=1S/C15H15N5O2S/c1-2-11(21-4-1)6-17-14-12(7-16-9-18-14)15-19-13(20-22-15)10-3-5-23-8-10/h3,5,7-9,11H,1-2,4,6H2,(H,16,17,18). The molecule has 1 fully saturated rings. The van der Waals surface area contributed by atoms with Gasteiger partial charge in [0, 0.05) is 30.3 Å². The highest BCUT2D eigenvalue weighted by molar-refractivity contribution is 7.08. The Bertz CT molecular complexity index is 768. The zero-order chi connectivity index (χ0) is 15.5. The Morgan fingerprint density at radius 1 is 1.39 bits per heavy atom. The lowest BCUT2D eigenvalue weighted by atomic mass is 10.2. The van der Waals surface area contributed by atoms with Gasteiger partial charge in [0.2, 0.25) is 5.82 Å². The Labute approximate surface area is 136 Å². The fraction of sp³-hybridized carbons (Fsp3) is 0.333. The molecule has 0 radical (unpaired) electrons. The number of anilines is 1. The van der Waals surface area contributed by atoms with Gasteiger partial charge in [0.15, 0.2) is 0 Å². The van der Waals surface area contributed by atoms with Gasteiger partial charge in [0.25, 0.3) is 5.89 Å².